The maximum atomic E-state index is 12.7. The van der Waals surface area contributed by atoms with Gasteiger partial charge in [-0.15, -0.1) is 0 Å². The van der Waals surface area contributed by atoms with E-state index in [0.29, 0.717) is 12.3 Å². The lowest BCUT2D eigenvalue weighted by molar-refractivity contribution is -0.160. The van der Waals surface area contributed by atoms with E-state index in [1.54, 1.807) is 31.0 Å². The van der Waals surface area contributed by atoms with Gasteiger partial charge in [0.2, 0.25) is 0 Å². The van der Waals surface area contributed by atoms with Gasteiger partial charge >= 0.3 is 5.97 Å². The number of ether oxygens (including phenoxy) is 2. The second kappa shape index (κ2) is 7.17. The van der Waals surface area contributed by atoms with Crippen molar-refractivity contribution in [3.63, 3.8) is 0 Å². The first-order chi connectivity index (χ1) is 12.4. The second-order valence-electron chi connectivity index (χ2n) is 6.30. The van der Waals surface area contributed by atoms with Crippen LogP contribution < -0.4 is 4.74 Å². The van der Waals surface area contributed by atoms with Gasteiger partial charge in [0.05, 0.1) is 19.8 Å². The number of morpholine rings is 1. The van der Waals surface area contributed by atoms with Gasteiger partial charge in [0.15, 0.2) is 11.8 Å². The van der Waals surface area contributed by atoms with Crippen LogP contribution >= 0.6 is 0 Å². The van der Waals surface area contributed by atoms with Gasteiger partial charge in [-0.25, -0.2) is 9.48 Å². The zero-order valence-electron chi connectivity index (χ0n) is 14.9. The van der Waals surface area contributed by atoms with E-state index in [2.05, 4.69) is 5.10 Å². The molecule has 1 aliphatic heterocycles. The average molecular weight is 359 g/mol. The van der Waals surface area contributed by atoms with E-state index in [0.717, 1.165) is 11.3 Å². The van der Waals surface area contributed by atoms with E-state index in [1.165, 1.54) is 4.90 Å². The number of aryl methyl sites for hydroxylation is 1. The number of carbonyl (C=O) groups excluding carboxylic acids is 1. The lowest BCUT2D eigenvalue weighted by Gasteiger charge is -2.34. The van der Waals surface area contributed by atoms with Crippen molar-refractivity contribution >= 4 is 11.9 Å². The molecule has 1 amide bonds. The number of carboxylic acids is 1. The molecule has 3 rings (SSSR count). The molecule has 1 N–H and O–H groups in total. The fraction of sp³-hybridized carbons (Fsp3) is 0.389. The summed E-state index contributed by atoms with van der Waals surface area (Å²) in [6.45, 7) is 4.02. The number of hydrogen-bond acceptors (Lipinski definition) is 5. The number of aromatic nitrogens is 2. The van der Waals surface area contributed by atoms with Crippen LogP contribution in [0.25, 0.3) is 5.69 Å². The molecule has 1 aromatic carbocycles. The molecular weight excluding hydrogens is 338 g/mol. The molecule has 2 aromatic rings. The van der Waals surface area contributed by atoms with Gasteiger partial charge in [0, 0.05) is 12.7 Å². The first kappa shape index (κ1) is 17.9. The number of methoxy groups -OCH3 is 1. The lowest BCUT2D eigenvalue weighted by Crippen LogP contribution is -2.51. The molecule has 1 unspecified atom stereocenters. The summed E-state index contributed by atoms with van der Waals surface area (Å²) in [5.41, 5.74) is 2.01. The summed E-state index contributed by atoms with van der Waals surface area (Å²) >= 11 is 0. The van der Waals surface area contributed by atoms with E-state index in [4.69, 9.17) is 14.6 Å². The summed E-state index contributed by atoms with van der Waals surface area (Å²) in [6.07, 6.45) is 0.303. The number of carboxylic acid groups (broad SMARTS) is 1. The second-order valence-corrected chi connectivity index (χ2v) is 6.30. The molecule has 26 heavy (non-hydrogen) atoms. The Morgan fingerprint density at radius 1 is 1.31 bits per heavy atom. The molecule has 0 aliphatic carbocycles. The molecule has 8 heteroatoms. The first-order valence-corrected chi connectivity index (χ1v) is 8.27. The number of rotatable bonds is 4. The summed E-state index contributed by atoms with van der Waals surface area (Å²) in [7, 11) is 1.57. The smallest absolute Gasteiger partial charge is 0.334 e. The zero-order chi connectivity index (χ0) is 18.8. The Hall–Kier alpha value is -2.87. The molecule has 1 fully saturated rings. The number of carbonyl (C=O) groups is 2. The van der Waals surface area contributed by atoms with Gasteiger partial charge < -0.3 is 19.5 Å². The molecule has 2 atom stereocenters. The Bertz CT molecular complexity index is 832. The maximum Gasteiger partial charge on any atom is 0.334 e. The molecule has 138 valence electrons. The Balaban J connectivity index is 1.84. The zero-order valence-corrected chi connectivity index (χ0v) is 14.9. The van der Waals surface area contributed by atoms with Crippen LogP contribution in [0.2, 0.25) is 0 Å². The van der Waals surface area contributed by atoms with Crippen LogP contribution in [0.15, 0.2) is 30.5 Å². The summed E-state index contributed by atoms with van der Waals surface area (Å²) in [6, 6.07) is 7.30. The van der Waals surface area contributed by atoms with Crippen molar-refractivity contribution in [3.8, 4) is 11.4 Å². The van der Waals surface area contributed by atoms with Crippen LogP contribution in [0.5, 0.6) is 5.75 Å². The fourth-order valence-electron chi connectivity index (χ4n) is 2.97. The number of aliphatic carboxylic acids is 1. The van der Waals surface area contributed by atoms with E-state index in [1.807, 2.05) is 25.1 Å². The molecule has 1 saturated heterocycles. The van der Waals surface area contributed by atoms with Crippen LogP contribution in [0, 0.1) is 6.92 Å². The summed E-state index contributed by atoms with van der Waals surface area (Å²) in [5, 5.41) is 13.5. The van der Waals surface area contributed by atoms with Gasteiger partial charge in [0.1, 0.15) is 11.4 Å². The van der Waals surface area contributed by atoms with Gasteiger partial charge in [-0.3, -0.25) is 4.79 Å². The van der Waals surface area contributed by atoms with Crippen LogP contribution in [0.4, 0.5) is 0 Å². The van der Waals surface area contributed by atoms with E-state index >= 15 is 0 Å². The van der Waals surface area contributed by atoms with Crippen molar-refractivity contribution in [3.05, 3.63) is 41.7 Å². The quantitative estimate of drug-likeness (QED) is 0.889. The number of nitrogens with zero attached hydrogens (tertiary/aromatic N) is 3. The third-order valence-corrected chi connectivity index (χ3v) is 4.21. The molecule has 8 nitrogen and oxygen atoms in total. The van der Waals surface area contributed by atoms with Crippen LogP contribution in [-0.2, 0) is 9.53 Å². The Morgan fingerprint density at radius 2 is 2.08 bits per heavy atom. The van der Waals surface area contributed by atoms with E-state index in [9.17, 15) is 9.59 Å². The third kappa shape index (κ3) is 3.55. The molecule has 1 aromatic heterocycles. The van der Waals surface area contributed by atoms with Gasteiger partial charge in [-0.2, -0.15) is 5.10 Å². The van der Waals surface area contributed by atoms with Crippen molar-refractivity contribution < 1.29 is 24.2 Å². The minimum absolute atomic E-state index is 0.000860. The topological polar surface area (TPSA) is 93.9 Å². The van der Waals surface area contributed by atoms with Crippen molar-refractivity contribution in [2.45, 2.75) is 26.1 Å². The van der Waals surface area contributed by atoms with E-state index < -0.39 is 12.1 Å². The van der Waals surface area contributed by atoms with Gasteiger partial charge in [-0.05, 0) is 37.6 Å². The highest BCUT2D eigenvalue weighted by atomic mass is 16.5. The largest absolute Gasteiger partial charge is 0.494 e. The highest BCUT2D eigenvalue weighted by molar-refractivity contribution is 5.92. The standard InChI is InChI=1S/C18H21N3O5/c1-11-4-5-15(25-3)14(8-11)21-7-6-13(19-21)17(22)20-9-12(2)26-16(10-20)18(23)24/h4-8,12,16H,9-10H2,1-3H3,(H,23,24)/t12-,16?/m1/s1. The summed E-state index contributed by atoms with van der Waals surface area (Å²) in [5.74, 6) is -0.759. The average Bonchev–Trinajstić information content (AvgIpc) is 3.10. The highest BCUT2D eigenvalue weighted by Gasteiger charge is 2.33. The minimum Gasteiger partial charge on any atom is -0.494 e. The van der Waals surface area contributed by atoms with Crippen LogP contribution in [-0.4, -0.2) is 64.1 Å². The van der Waals surface area contributed by atoms with Gasteiger partial charge in [0.25, 0.3) is 5.91 Å². The molecule has 1 aliphatic rings. The van der Waals surface area contributed by atoms with Crippen LogP contribution in [0.1, 0.15) is 23.0 Å². The molecular formula is C18H21N3O5. The van der Waals surface area contributed by atoms with Crippen molar-refractivity contribution in [2.75, 3.05) is 20.2 Å². The predicted octanol–water partition coefficient (Wildman–Crippen LogP) is 1.50. The van der Waals surface area contributed by atoms with Crippen molar-refractivity contribution in [2.24, 2.45) is 0 Å². The number of benzene rings is 1. The maximum absolute atomic E-state index is 12.7. The van der Waals surface area contributed by atoms with E-state index in [-0.39, 0.29) is 24.2 Å². The normalized spacial score (nSPS) is 20.0. The molecule has 0 radical (unpaired) electrons. The Labute approximate surface area is 150 Å². The fourth-order valence-corrected chi connectivity index (χ4v) is 2.97. The number of hydrogen-bond donors (Lipinski definition) is 1. The SMILES string of the molecule is COc1ccc(C)cc1-n1ccc(C(=O)N2CC(C(=O)O)O[C@H](C)C2)n1. The Morgan fingerprint density at radius 3 is 2.77 bits per heavy atom. The highest BCUT2D eigenvalue weighted by Crippen LogP contribution is 2.24. The molecule has 0 spiro atoms. The minimum atomic E-state index is -1.08. The van der Waals surface area contributed by atoms with Crippen molar-refractivity contribution in [1.82, 2.24) is 14.7 Å². The van der Waals surface area contributed by atoms with Crippen molar-refractivity contribution in [1.29, 1.82) is 0 Å². The molecule has 0 bridgehead atoms. The summed E-state index contributed by atoms with van der Waals surface area (Å²) in [4.78, 5) is 25.4. The summed E-state index contributed by atoms with van der Waals surface area (Å²) < 4.78 is 12.3. The predicted molar refractivity (Wildman–Crippen MR) is 92.7 cm³/mol. The lowest BCUT2D eigenvalue weighted by atomic mass is 10.2. The first-order valence-electron chi connectivity index (χ1n) is 8.27. The molecule has 0 saturated carbocycles. The third-order valence-electron chi connectivity index (χ3n) is 4.21. The Kier molecular flexibility index (Phi) is 4.94. The van der Waals surface area contributed by atoms with Gasteiger partial charge in [-0.1, -0.05) is 6.07 Å². The molecule has 2 heterocycles. The number of amides is 1. The van der Waals surface area contributed by atoms with Crippen LogP contribution in [0.3, 0.4) is 0 Å². The monoisotopic (exact) mass is 359 g/mol.